The molecule has 0 bridgehead atoms. The summed E-state index contributed by atoms with van der Waals surface area (Å²) in [5, 5.41) is 2.58. The van der Waals surface area contributed by atoms with Crippen LogP contribution in [0.5, 0.6) is 5.75 Å². The van der Waals surface area contributed by atoms with Crippen LogP contribution in [0.1, 0.15) is 12.0 Å². The molecule has 0 radical (unpaired) electrons. The van der Waals surface area contributed by atoms with Crippen LogP contribution in [0.15, 0.2) is 36.4 Å². The van der Waals surface area contributed by atoms with Crippen LogP contribution < -0.4 is 4.74 Å². The van der Waals surface area contributed by atoms with Gasteiger partial charge in [0.05, 0.1) is 0 Å². The van der Waals surface area contributed by atoms with E-state index in [4.69, 9.17) is 9.47 Å². The van der Waals surface area contributed by atoms with Gasteiger partial charge in [-0.15, -0.1) is 0 Å². The fourth-order valence-electron chi connectivity index (χ4n) is 2.31. The fraction of sp³-hybridized carbons (Fsp3) is 0.286. The van der Waals surface area contributed by atoms with Crippen LogP contribution in [-0.4, -0.2) is 13.4 Å². The summed E-state index contributed by atoms with van der Waals surface area (Å²) >= 11 is 0. The first-order valence-corrected chi connectivity index (χ1v) is 5.58. The Bertz CT molecular complexity index is 519. The van der Waals surface area contributed by atoms with E-state index in [1.54, 1.807) is 7.11 Å². The van der Waals surface area contributed by atoms with Crippen LogP contribution in [0.4, 0.5) is 0 Å². The third-order valence-corrected chi connectivity index (χ3v) is 3.15. The summed E-state index contributed by atoms with van der Waals surface area (Å²) in [6.45, 7) is 0. The lowest BCUT2D eigenvalue weighted by Crippen LogP contribution is -2.24. The normalized spacial score (nSPS) is 19.2. The smallest absolute Gasteiger partial charge is 0.199 e. The average Bonchev–Trinajstić information content (AvgIpc) is 2.38. The predicted molar refractivity (Wildman–Crippen MR) is 63.7 cm³/mol. The van der Waals surface area contributed by atoms with Gasteiger partial charge in [-0.1, -0.05) is 30.3 Å². The van der Waals surface area contributed by atoms with E-state index >= 15 is 0 Å². The number of hydrogen-bond acceptors (Lipinski definition) is 2. The predicted octanol–water partition coefficient (Wildman–Crippen LogP) is 3.14. The monoisotopic (exact) mass is 214 g/mol. The highest BCUT2D eigenvalue weighted by molar-refractivity contribution is 5.87. The van der Waals surface area contributed by atoms with Crippen molar-refractivity contribution in [2.75, 3.05) is 7.11 Å². The molecule has 0 aromatic heterocycles. The van der Waals surface area contributed by atoms with Gasteiger partial charge in [0, 0.05) is 19.1 Å². The summed E-state index contributed by atoms with van der Waals surface area (Å²) in [7, 11) is 1.69. The number of methoxy groups -OCH3 is 1. The lowest BCUT2D eigenvalue weighted by atomic mass is 9.98. The molecule has 2 aromatic rings. The maximum atomic E-state index is 5.77. The zero-order chi connectivity index (χ0) is 11.0. The van der Waals surface area contributed by atoms with Crippen molar-refractivity contribution >= 4 is 10.8 Å². The molecule has 0 aliphatic carbocycles. The van der Waals surface area contributed by atoms with Crippen molar-refractivity contribution in [3.8, 4) is 5.75 Å². The molecule has 0 fully saturated rings. The molecule has 2 aromatic carbocycles. The Morgan fingerprint density at radius 3 is 2.94 bits per heavy atom. The first-order chi connectivity index (χ1) is 7.88. The number of benzene rings is 2. The van der Waals surface area contributed by atoms with Gasteiger partial charge in [0.2, 0.25) is 0 Å². The van der Waals surface area contributed by atoms with Gasteiger partial charge in [0.15, 0.2) is 6.29 Å². The highest BCUT2D eigenvalue weighted by atomic mass is 16.7. The fourth-order valence-corrected chi connectivity index (χ4v) is 2.31. The second-order valence-electron chi connectivity index (χ2n) is 4.09. The van der Waals surface area contributed by atoms with Gasteiger partial charge in [-0.05, 0) is 23.3 Å². The summed E-state index contributed by atoms with van der Waals surface area (Å²) in [5.74, 6) is 0.969. The van der Waals surface area contributed by atoms with Crippen LogP contribution in [0.25, 0.3) is 10.8 Å². The quantitative estimate of drug-likeness (QED) is 0.726. The topological polar surface area (TPSA) is 18.5 Å². The molecular weight excluding hydrogens is 200 g/mol. The Hall–Kier alpha value is -1.54. The Labute approximate surface area is 94.8 Å². The molecule has 82 valence electrons. The molecule has 0 saturated carbocycles. The summed E-state index contributed by atoms with van der Waals surface area (Å²) in [4.78, 5) is 0. The molecule has 2 nitrogen and oxygen atoms in total. The summed E-state index contributed by atoms with van der Waals surface area (Å²) < 4.78 is 11.0. The van der Waals surface area contributed by atoms with Crippen molar-refractivity contribution in [2.45, 2.75) is 19.1 Å². The third kappa shape index (κ3) is 1.46. The molecule has 1 unspecified atom stereocenters. The lowest BCUT2D eigenvalue weighted by molar-refractivity contribution is -0.0651. The van der Waals surface area contributed by atoms with Gasteiger partial charge in [0.1, 0.15) is 5.75 Å². The maximum Gasteiger partial charge on any atom is 0.199 e. The minimum Gasteiger partial charge on any atom is -0.465 e. The Morgan fingerprint density at radius 2 is 2.06 bits per heavy atom. The third-order valence-electron chi connectivity index (χ3n) is 3.15. The zero-order valence-corrected chi connectivity index (χ0v) is 9.27. The van der Waals surface area contributed by atoms with Crippen molar-refractivity contribution in [3.63, 3.8) is 0 Å². The largest absolute Gasteiger partial charge is 0.465 e. The molecule has 1 aliphatic heterocycles. The Kier molecular flexibility index (Phi) is 2.29. The molecule has 0 saturated heterocycles. The molecule has 2 heteroatoms. The van der Waals surface area contributed by atoms with Gasteiger partial charge in [-0.3, -0.25) is 0 Å². The molecule has 3 rings (SSSR count). The Balaban J connectivity index is 2.14. The summed E-state index contributed by atoms with van der Waals surface area (Å²) in [6, 6.07) is 12.6. The van der Waals surface area contributed by atoms with Crippen molar-refractivity contribution in [1.82, 2.24) is 0 Å². The van der Waals surface area contributed by atoms with Gasteiger partial charge in [-0.2, -0.15) is 0 Å². The minimum absolute atomic E-state index is 0.0892. The van der Waals surface area contributed by atoms with Crippen LogP contribution in [-0.2, 0) is 11.2 Å². The maximum absolute atomic E-state index is 5.77. The molecule has 1 atom stereocenters. The van der Waals surface area contributed by atoms with Gasteiger partial charge in [-0.25, -0.2) is 0 Å². The Morgan fingerprint density at radius 1 is 1.19 bits per heavy atom. The van der Waals surface area contributed by atoms with Gasteiger partial charge < -0.3 is 9.47 Å². The molecule has 1 heterocycles. The second kappa shape index (κ2) is 3.80. The molecule has 16 heavy (non-hydrogen) atoms. The molecule has 1 aliphatic rings. The molecule has 0 N–H and O–H groups in total. The van der Waals surface area contributed by atoms with Crippen molar-refractivity contribution < 1.29 is 9.47 Å². The minimum atomic E-state index is -0.0892. The molecule has 0 amide bonds. The van der Waals surface area contributed by atoms with E-state index in [9.17, 15) is 0 Å². The van der Waals surface area contributed by atoms with E-state index < -0.39 is 0 Å². The standard InChI is InChI=1S/C14H14O2/c1-15-14-9-7-12-11-5-3-2-4-10(11)6-8-13(12)16-14/h2-6,8,14H,7,9H2,1H3. The average molecular weight is 214 g/mol. The number of fused-ring (bicyclic) bond motifs is 3. The SMILES string of the molecule is COC1CCc2c(ccc3ccccc23)O1. The van der Waals surface area contributed by atoms with E-state index in [0.29, 0.717) is 0 Å². The highest BCUT2D eigenvalue weighted by Gasteiger charge is 2.20. The van der Waals surface area contributed by atoms with E-state index in [2.05, 4.69) is 30.3 Å². The van der Waals surface area contributed by atoms with E-state index in [-0.39, 0.29) is 6.29 Å². The number of aryl methyl sites for hydroxylation is 1. The van der Waals surface area contributed by atoms with Crippen molar-refractivity contribution in [1.29, 1.82) is 0 Å². The van der Waals surface area contributed by atoms with Gasteiger partial charge >= 0.3 is 0 Å². The number of ether oxygens (including phenoxy) is 2. The summed E-state index contributed by atoms with van der Waals surface area (Å²) in [6.07, 6.45) is 1.86. The summed E-state index contributed by atoms with van der Waals surface area (Å²) in [5.41, 5.74) is 1.31. The zero-order valence-electron chi connectivity index (χ0n) is 9.27. The van der Waals surface area contributed by atoms with E-state index in [1.807, 2.05) is 6.07 Å². The molecular formula is C14H14O2. The van der Waals surface area contributed by atoms with E-state index in [0.717, 1.165) is 18.6 Å². The number of rotatable bonds is 1. The first-order valence-electron chi connectivity index (χ1n) is 5.58. The van der Waals surface area contributed by atoms with Crippen molar-refractivity contribution in [3.05, 3.63) is 42.0 Å². The lowest BCUT2D eigenvalue weighted by Gasteiger charge is -2.25. The molecule has 0 spiro atoms. The van der Waals surface area contributed by atoms with Crippen LogP contribution in [0.2, 0.25) is 0 Å². The first kappa shape index (κ1) is 9.67. The van der Waals surface area contributed by atoms with Crippen molar-refractivity contribution in [2.24, 2.45) is 0 Å². The van der Waals surface area contributed by atoms with Crippen LogP contribution in [0, 0.1) is 0 Å². The van der Waals surface area contributed by atoms with Crippen LogP contribution in [0.3, 0.4) is 0 Å². The second-order valence-corrected chi connectivity index (χ2v) is 4.09. The van der Waals surface area contributed by atoms with E-state index in [1.165, 1.54) is 16.3 Å². The van der Waals surface area contributed by atoms with Crippen LogP contribution >= 0.6 is 0 Å². The highest BCUT2D eigenvalue weighted by Crippen LogP contribution is 2.33. The van der Waals surface area contributed by atoms with Gasteiger partial charge in [0.25, 0.3) is 0 Å². The number of hydrogen-bond donors (Lipinski definition) is 0.